The van der Waals surface area contributed by atoms with E-state index in [9.17, 15) is 9.59 Å². The van der Waals surface area contributed by atoms with Gasteiger partial charge in [-0.2, -0.15) is 0 Å². The van der Waals surface area contributed by atoms with Crippen LogP contribution in [0.5, 0.6) is 11.5 Å². The molecule has 0 radical (unpaired) electrons. The van der Waals surface area contributed by atoms with E-state index < -0.39 is 0 Å². The van der Waals surface area contributed by atoms with E-state index in [-0.39, 0.29) is 11.7 Å². The van der Waals surface area contributed by atoms with Gasteiger partial charge in [0.05, 0.1) is 5.57 Å². The van der Waals surface area contributed by atoms with Gasteiger partial charge in [-0.25, -0.2) is 4.98 Å². The van der Waals surface area contributed by atoms with E-state index in [4.69, 9.17) is 16.3 Å². The number of nitrogens with one attached hydrogen (secondary N) is 1. The summed E-state index contributed by atoms with van der Waals surface area (Å²) in [5.41, 5.74) is 2.87. The maximum Gasteiger partial charge on any atom is 0.258 e. The number of ketones is 1. The number of nitrogens with zero attached hydrogens (tertiary/aromatic N) is 2. The Bertz CT molecular complexity index is 1250. The summed E-state index contributed by atoms with van der Waals surface area (Å²) in [5, 5.41) is 3.43. The molecule has 7 heteroatoms. The molecule has 180 valence electrons. The van der Waals surface area contributed by atoms with Crippen molar-refractivity contribution in [2.24, 2.45) is 4.99 Å². The molecule has 6 nitrogen and oxygen atoms in total. The van der Waals surface area contributed by atoms with Crippen LogP contribution < -0.4 is 10.1 Å². The van der Waals surface area contributed by atoms with E-state index in [1.54, 1.807) is 43.5 Å². The lowest BCUT2D eigenvalue weighted by molar-refractivity contribution is -0.112. The molecule has 0 aliphatic heterocycles. The lowest BCUT2D eigenvalue weighted by Gasteiger charge is -2.13. The zero-order valence-corrected chi connectivity index (χ0v) is 20.8. The number of hydrogen-bond donors (Lipinski definition) is 1. The first kappa shape index (κ1) is 25.8. The number of benzene rings is 2. The first-order valence-corrected chi connectivity index (χ1v) is 11.8. The van der Waals surface area contributed by atoms with Crippen LogP contribution in [0, 0.1) is 6.92 Å². The molecule has 0 saturated carbocycles. The summed E-state index contributed by atoms with van der Waals surface area (Å²) < 4.78 is 6.05. The van der Waals surface area contributed by atoms with E-state index in [1.165, 1.54) is 6.21 Å². The van der Waals surface area contributed by atoms with E-state index in [2.05, 4.69) is 15.3 Å². The molecule has 0 aliphatic carbocycles. The SMILES string of the molecule is C/C=C(\C=NCC)C(=O)Nc1cc(Oc2cccc(C(=O)CCc3ccc(Cl)cc3)c2C)ccn1. The summed E-state index contributed by atoms with van der Waals surface area (Å²) in [6.07, 6.45) is 5.79. The molecule has 0 aliphatic rings. The smallest absolute Gasteiger partial charge is 0.258 e. The Labute approximate surface area is 210 Å². The number of rotatable bonds is 10. The fourth-order valence-electron chi connectivity index (χ4n) is 3.38. The van der Waals surface area contributed by atoms with Gasteiger partial charge in [0.2, 0.25) is 0 Å². The number of halogens is 1. The molecule has 0 spiro atoms. The predicted molar refractivity (Wildman–Crippen MR) is 141 cm³/mol. The highest BCUT2D eigenvalue weighted by Crippen LogP contribution is 2.29. The van der Waals surface area contributed by atoms with E-state index in [0.717, 1.165) is 11.1 Å². The number of hydrogen-bond acceptors (Lipinski definition) is 5. The number of ether oxygens (including phenoxy) is 1. The van der Waals surface area contributed by atoms with Gasteiger partial charge >= 0.3 is 0 Å². The summed E-state index contributed by atoms with van der Waals surface area (Å²) >= 11 is 5.94. The predicted octanol–water partition coefficient (Wildman–Crippen LogP) is 6.63. The third-order valence-corrected chi connectivity index (χ3v) is 5.58. The molecule has 0 bridgehead atoms. The Morgan fingerprint density at radius 1 is 1.14 bits per heavy atom. The molecular weight excluding hydrogens is 462 g/mol. The second-order valence-corrected chi connectivity index (χ2v) is 8.22. The number of aryl methyl sites for hydroxylation is 1. The number of Topliss-reactive ketones (excluding diaryl/α,β-unsaturated/α-hetero) is 1. The Kier molecular flexibility index (Phi) is 9.32. The molecule has 3 rings (SSSR count). The number of pyridine rings is 1. The van der Waals surface area contributed by atoms with Gasteiger partial charge in [0.25, 0.3) is 5.91 Å². The van der Waals surface area contributed by atoms with Crippen LogP contribution in [-0.4, -0.2) is 29.4 Å². The van der Waals surface area contributed by atoms with Gasteiger partial charge in [0.15, 0.2) is 5.78 Å². The van der Waals surface area contributed by atoms with Crippen molar-refractivity contribution in [3.8, 4) is 11.5 Å². The average Bonchev–Trinajstić information content (AvgIpc) is 2.85. The zero-order chi connectivity index (χ0) is 25.2. The molecular formula is C28H28ClN3O3. The fourth-order valence-corrected chi connectivity index (χ4v) is 3.51. The van der Waals surface area contributed by atoms with Crippen LogP contribution >= 0.6 is 11.6 Å². The second-order valence-electron chi connectivity index (χ2n) is 7.78. The quantitative estimate of drug-likeness (QED) is 0.197. The van der Waals surface area contributed by atoms with E-state index in [1.807, 2.05) is 44.2 Å². The minimum absolute atomic E-state index is 0.0400. The van der Waals surface area contributed by atoms with Gasteiger partial charge in [0, 0.05) is 47.6 Å². The van der Waals surface area contributed by atoms with Gasteiger partial charge < -0.3 is 10.1 Å². The molecule has 0 unspecified atom stereocenters. The third kappa shape index (κ3) is 7.36. The van der Waals surface area contributed by atoms with Crippen LogP contribution in [0.3, 0.4) is 0 Å². The molecule has 0 atom stereocenters. The van der Waals surface area contributed by atoms with Gasteiger partial charge in [-0.1, -0.05) is 41.9 Å². The summed E-state index contributed by atoms with van der Waals surface area (Å²) in [7, 11) is 0. The number of aromatic nitrogens is 1. The number of anilines is 1. The highest BCUT2D eigenvalue weighted by atomic mass is 35.5. The van der Waals surface area contributed by atoms with Gasteiger partial charge in [-0.15, -0.1) is 0 Å². The molecule has 0 fully saturated rings. The second kappa shape index (κ2) is 12.6. The van der Waals surface area contributed by atoms with E-state index >= 15 is 0 Å². The maximum atomic E-state index is 12.9. The highest BCUT2D eigenvalue weighted by molar-refractivity contribution is 6.30. The van der Waals surface area contributed by atoms with Crippen molar-refractivity contribution >= 4 is 35.3 Å². The molecule has 1 N–H and O–H groups in total. The van der Waals surface area contributed by atoms with Crippen molar-refractivity contribution in [3.63, 3.8) is 0 Å². The average molecular weight is 490 g/mol. The van der Waals surface area contributed by atoms with Crippen LogP contribution in [0.25, 0.3) is 0 Å². The highest BCUT2D eigenvalue weighted by Gasteiger charge is 2.14. The summed E-state index contributed by atoms with van der Waals surface area (Å²) in [6, 6.07) is 16.2. The molecule has 0 saturated heterocycles. The monoisotopic (exact) mass is 489 g/mol. The van der Waals surface area contributed by atoms with Crippen LogP contribution in [-0.2, 0) is 11.2 Å². The maximum absolute atomic E-state index is 12.9. The van der Waals surface area contributed by atoms with Crippen molar-refractivity contribution in [1.29, 1.82) is 0 Å². The van der Waals surface area contributed by atoms with Crippen molar-refractivity contribution < 1.29 is 14.3 Å². The van der Waals surface area contributed by atoms with Crippen molar-refractivity contribution in [1.82, 2.24) is 4.98 Å². The number of carbonyl (C=O) groups is 2. The minimum atomic E-state index is -0.307. The third-order valence-electron chi connectivity index (χ3n) is 5.33. The minimum Gasteiger partial charge on any atom is -0.457 e. The standard InChI is InChI=1S/C28H28ClN3O3/c1-4-21(18-30-5-2)28(34)32-27-17-23(15-16-31-27)35-26-8-6-7-24(19(26)3)25(33)14-11-20-9-12-22(29)13-10-20/h4,6-10,12-13,15-18H,5,11,14H2,1-3H3,(H,31,32,34)/b21-4+,30-18?. The zero-order valence-electron chi connectivity index (χ0n) is 20.0. The molecule has 1 heterocycles. The largest absolute Gasteiger partial charge is 0.457 e. The topological polar surface area (TPSA) is 80.6 Å². The first-order chi connectivity index (χ1) is 16.9. The van der Waals surface area contributed by atoms with Gasteiger partial charge in [-0.3, -0.25) is 14.6 Å². The molecule has 2 aromatic carbocycles. The van der Waals surface area contributed by atoms with E-state index in [0.29, 0.717) is 52.9 Å². The van der Waals surface area contributed by atoms with Crippen LogP contribution in [0.2, 0.25) is 5.02 Å². The fraction of sp³-hybridized carbons (Fsp3) is 0.214. The van der Waals surface area contributed by atoms with Gasteiger partial charge in [-0.05, 0) is 57.0 Å². The number of allylic oxidation sites excluding steroid dienone is 1. The van der Waals surface area contributed by atoms with Crippen LogP contribution in [0.4, 0.5) is 5.82 Å². The lowest BCUT2D eigenvalue weighted by atomic mass is 9.99. The normalized spacial score (nSPS) is 11.5. The summed E-state index contributed by atoms with van der Waals surface area (Å²) in [4.78, 5) is 33.7. The Morgan fingerprint density at radius 2 is 1.91 bits per heavy atom. The number of amides is 1. The van der Waals surface area contributed by atoms with Crippen molar-refractivity contribution in [3.05, 3.63) is 94.2 Å². The van der Waals surface area contributed by atoms with Crippen LogP contribution in [0.15, 0.2) is 77.4 Å². The number of carbonyl (C=O) groups excluding carboxylic acids is 2. The van der Waals surface area contributed by atoms with Crippen LogP contribution in [0.1, 0.15) is 41.8 Å². The molecule has 3 aromatic rings. The molecule has 35 heavy (non-hydrogen) atoms. The summed E-state index contributed by atoms with van der Waals surface area (Å²) in [5.74, 6) is 1.14. The molecule has 1 aromatic heterocycles. The Morgan fingerprint density at radius 3 is 2.63 bits per heavy atom. The lowest BCUT2D eigenvalue weighted by Crippen LogP contribution is -2.16. The van der Waals surface area contributed by atoms with Crippen molar-refractivity contribution in [2.45, 2.75) is 33.6 Å². The Hall–Kier alpha value is -3.77. The first-order valence-electron chi connectivity index (χ1n) is 11.4. The van der Waals surface area contributed by atoms with Crippen molar-refractivity contribution in [2.75, 3.05) is 11.9 Å². The Balaban J connectivity index is 1.70. The van der Waals surface area contributed by atoms with Gasteiger partial charge in [0.1, 0.15) is 17.3 Å². The molecule has 1 amide bonds. The number of aliphatic imine (C=N–C) groups is 1. The summed E-state index contributed by atoms with van der Waals surface area (Å²) in [6.45, 7) is 6.12.